The average Bonchev–Trinajstić information content (AvgIpc) is 2.65. The Hall–Kier alpha value is -2.81. The van der Waals surface area contributed by atoms with Crippen molar-refractivity contribution in [2.24, 2.45) is 0 Å². The fraction of sp³-hybridized carbons (Fsp3) is 0.227. The molecule has 25 heavy (non-hydrogen) atoms. The monoisotopic (exact) mass is 333 g/mol. The van der Waals surface area contributed by atoms with Crippen LogP contribution < -0.4 is 0 Å². The fourth-order valence-electron chi connectivity index (χ4n) is 3.15. The first-order valence-electron chi connectivity index (χ1n) is 8.62. The van der Waals surface area contributed by atoms with Gasteiger partial charge in [0.1, 0.15) is 0 Å². The molecule has 0 spiro atoms. The maximum absolute atomic E-state index is 12.6. The van der Waals surface area contributed by atoms with Crippen LogP contribution in [0.3, 0.4) is 0 Å². The third-order valence-electron chi connectivity index (χ3n) is 4.44. The standard InChI is InChI=1S/C22H23NO2/c1-3-25-22(24)21-17(2)23(16-18-10-6-4-7-11-18)15-14-20(21)19-12-8-5-9-13-19/h4-15,20H,3,16H2,1-2H3. The average molecular weight is 333 g/mol. The number of carbonyl (C=O) groups is 1. The number of nitrogens with zero attached hydrogens (tertiary/aromatic N) is 1. The zero-order valence-corrected chi connectivity index (χ0v) is 14.7. The molecule has 0 aromatic heterocycles. The second-order valence-electron chi connectivity index (χ2n) is 6.06. The molecule has 0 saturated carbocycles. The van der Waals surface area contributed by atoms with Crippen molar-refractivity contribution in [3.63, 3.8) is 0 Å². The lowest BCUT2D eigenvalue weighted by atomic mass is 9.87. The van der Waals surface area contributed by atoms with Crippen molar-refractivity contribution in [2.75, 3.05) is 6.61 Å². The van der Waals surface area contributed by atoms with Crippen molar-refractivity contribution >= 4 is 5.97 Å². The third-order valence-corrected chi connectivity index (χ3v) is 4.44. The van der Waals surface area contributed by atoms with E-state index in [1.165, 1.54) is 5.56 Å². The third kappa shape index (κ3) is 3.82. The van der Waals surface area contributed by atoms with E-state index in [9.17, 15) is 4.79 Å². The van der Waals surface area contributed by atoms with Gasteiger partial charge in [-0.25, -0.2) is 4.79 Å². The summed E-state index contributed by atoms with van der Waals surface area (Å²) in [4.78, 5) is 14.8. The highest BCUT2D eigenvalue weighted by atomic mass is 16.5. The van der Waals surface area contributed by atoms with Gasteiger partial charge in [0.2, 0.25) is 0 Å². The molecule has 0 amide bonds. The number of hydrogen-bond acceptors (Lipinski definition) is 3. The number of esters is 1. The van der Waals surface area contributed by atoms with Crippen LogP contribution in [-0.2, 0) is 16.1 Å². The molecule has 0 aliphatic carbocycles. The molecule has 2 aromatic carbocycles. The lowest BCUT2D eigenvalue weighted by molar-refractivity contribution is -0.138. The molecular weight excluding hydrogens is 310 g/mol. The zero-order chi connectivity index (χ0) is 17.6. The van der Waals surface area contributed by atoms with Gasteiger partial charge in [-0.2, -0.15) is 0 Å². The lowest BCUT2D eigenvalue weighted by Gasteiger charge is -2.31. The first-order chi connectivity index (χ1) is 12.2. The molecule has 0 radical (unpaired) electrons. The van der Waals surface area contributed by atoms with E-state index in [0.717, 1.165) is 17.8 Å². The van der Waals surface area contributed by atoms with E-state index in [4.69, 9.17) is 4.74 Å². The van der Waals surface area contributed by atoms with Gasteiger partial charge in [0.05, 0.1) is 12.2 Å². The minimum Gasteiger partial charge on any atom is -0.463 e. The summed E-state index contributed by atoms with van der Waals surface area (Å²) < 4.78 is 5.34. The van der Waals surface area contributed by atoms with Gasteiger partial charge in [-0.1, -0.05) is 66.7 Å². The summed E-state index contributed by atoms with van der Waals surface area (Å²) in [5, 5.41) is 0. The SMILES string of the molecule is CCOC(=O)C1=C(C)N(Cc2ccccc2)C=CC1c1ccccc1. The van der Waals surface area contributed by atoms with Crippen molar-refractivity contribution in [3.8, 4) is 0 Å². The normalized spacial score (nSPS) is 16.9. The van der Waals surface area contributed by atoms with E-state index >= 15 is 0 Å². The Bertz CT molecular complexity index is 778. The van der Waals surface area contributed by atoms with Crippen molar-refractivity contribution in [3.05, 3.63) is 95.3 Å². The molecule has 3 rings (SSSR count). The smallest absolute Gasteiger partial charge is 0.336 e. The van der Waals surface area contributed by atoms with Gasteiger partial charge in [0, 0.05) is 24.4 Å². The molecule has 1 heterocycles. The van der Waals surface area contributed by atoms with Crippen LogP contribution in [0.4, 0.5) is 0 Å². The minimum absolute atomic E-state index is 0.0766. The Morgan fingerprint density at radius 2 is 1.68 bits per heavy atom. The number of ether oxygens (including phenoxy) is 1. The van der Waals surface area contributed by atoms with Gasteiger partial charge >= 0.3 is 5.97 Å². The Kier molecular flexibility index (Phi) is 5.34. The topological polar surface area (TPSA) is 29.5 Å². The van der Waals surface area contributed by atoms with Crippen LogP contribution in [0.25, 0.3) is 0 Å². The summed E-state index contributed by atoms with van der Waals surface area (Å²) in [5.41, 5.74) is 3.96. The highest BCUT2D eigenvalue weighted by Gasteiger charge is 2.29. The summed E-state index contributed by atoms with van der Waals surface area (Å²) in [6.07, 6.45) is 4.15. The van der Waals surface area contributed by atoms with Crippen LogP contribution in [0.5, 0.6) is 0 Å². The van der Waals surface area contributed by atoms with E-state index in [2.05, 4.69) is 29.3 Å². The molecule has 1 atom stereocenters. The van der Waals surface area contributed by atoms with E-state index in [1.54, 1.807) is 0 Å². The Balaban J connectivity index is 1.95. The van der Waals surface area contributed by atoms with E-state index in [-0.39, 0.29) is 11.9 Å². The molecule has 0 bridgehead atoms. The lowest BCUT2D eigenvalue weighted by Crippen LogP contribution is -2.26. The number of allylic oxidation sites excluding steroid dienone is 2. The Morgan fingerprint density at radius 3 is 2.32 bits per heavy atom. The van der Waals surface area contributed by atoms with Crippen molar-refractivity contribution < 1.29 is 9.53 Å². The first kappa shape index (κ1) is 17.0. The van der Waals surface area contributed by atoms with Crippen LogP contribution in [0.2, 0.25) is 0 Å². The number of carbonyl (C=O) groups excluding carboxylic acids is 1. The maximum Gasteiger partial charge on any atom is 0.336 e. The molecule has 0 fully saturated rings. The van der Waals surface area contributed by atoms with Gasteiger partial charge in [0.25, 0.3) is 0 Å². The predicted molar refractivity (Wildman–Crippen MR) is 99.6 cm³/mol. The highest BCUT2D eigenvalue weighted by molar-refractivity contribution is 5.92. The summed E-state index contributed by atoms with van der Waals surface area (Å²) >= 11 is 0. The number of hydrogen-bond donors (Lipinski definition) is 0. The van der Waals surface area contributed by atoms with E-state index in [1.807, 2.05) is 62.4 Å². The summed E-state index contributed by atoms with van der Waals surface area (Å²) in [7, 11) is 0. The van der Waals surface area contributed by atoms with Crippen LogP contribution in [-0.4, -0.2) is 17.5 Å². The second kappa shape index (κ2) is 7.84. The predicted octanol–water partition coefficient (Wildman–Crippen LogP) is 4.64. The molecule has 1 aliphatic heterocycles. The molecule has 1 unspecified atom stereocenters. The van der Waals surface area contributed by atoms with Crippen molar-refractivity contribution in [1.82, 2.24) is 4.90 Å². The zero-order valence-electron chi connectivity index (χ0n) is 14.7. The summed E-state index contributed by atoms with van der Waals surface area (Å²) in [6.45, 7) is 4.94. The minimum atomic E-state index is -0.240. The molecule has 3 nitrogen and oxygen atoms in total. The molecule has 0 N–H and O–H groups in total. The van der Waals surface area contributed by atoms with Gasteiger partial charge in [0.15, 0.2) is 0 Å². The molecular formula is C22H23NO2. The molecule has 1 aliphatic rings. The van der Waals surface area contributed by atoms with Crippen LogP contribution in [0.1, 0.15) is 30.9 Å². The highest BCUT2D eigenvalue weighted by Crippen LogP contribution is 2.34. The maximum atomic E-state index is 12.6. The van der Waals surface area contributed by atoms with Crippen LogP contribution in [0, 0.1) is 0 Å². The largest absolute Gasteiger partial charge is 0.463 e. The quantitative estimate of drug-likeness (QED) is 0.747. The van der Waals surface area contributed by atoms with Crippen LogP contribution >= 0.6 is 0 Å². The van der Waals surface area contributed by atoms with Crippen molar-refractivity contribution in [1.29, 1.82) is 0 Å². The molecule has 3 heteroatoms. The van der Waals surface area contributed by atoms with Crippen LogP contribution in [0.15, 0.2) is 84.2 Å². The Morgan fingerprint density at radius 1 is 1.04 bits per heavy atom. The van der Waals surface area contributed by atoms with E-state index < -0.39 is 0 Å². The van der Waals surface area contributed by atoms with Gasteiger partial charge in [-0.15, -0.1) is 0 Å². The van der Waals surface area contributed by atoms with Gasteiger partial charge < -0.3 is 9.64 Å². The molecule has 128 valence electrons. The number of rotatable bonds is 5. The van der Waals surface area contributed by atoms with Gasteiger partial charge in [-0.3, -0.25) is 0 Å². The fourth-order valence-corrected chi connectivity index (χ4v) is 3.15. The molecule has 0 saturated heterocycles. The van der Waals surface area contributed by atoms with Gasteiger partial charge in [-0.05, 0) is 25.0 Å². The van der Waals surface area contributed by atoms with Crippen molar-refractivity contribution in [2.45, 2.75) is 26.3 Å². The summed E-state index contributed by atoms with van der Waals surface area (Å²) in [6, 6.07) is 20.3. The second-order valence-corrected chi connectivity index (χ2v) is 6.06. The molecule has 2 aromatic rings. The summed E-state index contributed by atoms with van der Waals surface area (Å²) in [5.74, 6) is -0.316. The number of benzene rings is 2. The first-order valence-corrected chi connectivity index (χ1v) is 8.62. The van der Waals surface area contributed by atoms with E-state index in [0.29, 0.717) is 12.2 Å². The Labute approximate surface area is 149 Å².